The van der Waals surface area contributed by atoms with Gasteiger partial charge in [-0.25, -0.2) is 0 Å². The van der Waals surface area contributed by atoms with Crippen LogP contribution in [0.5, 0.6) is 0 Å². The van der Waals surface area contributed by atoms with E-state index in [0.29, 0.717) is 13.1 Å². The molecule has 1 aliphatic rings. The summed E-state index contributed by atoms with van der Waals surface area (Å²) in [4.78, 5) is 16.2. The molecular weight excluding hydrogens is 250 g/mol. The molecule has 0 unspecified atom stereocenters. The normalized spacial score (nSPS) is 13.6. The molecule has 0 saturated carbocycles. The smallest absolute Gasteiger partial charge is 0.251 e. The lowest BCUT2D eigenvalue weighted by atomic mass is 9.98. The van der Waals surface area contributed by atoms with Crippen molar-refractivity contribution in [3.63, 3.8) is 0 Å². The Labute approximate surface area is 118 Å². The van der Waals surface area contributed by atoms with Crippen LogP contribution in [0.1, 0.15) is 27.2 Å². The van der Waals surface area contributed by atoms with Gasteiger partial charge in [0.25, 0.3) is 5.91 Å². The van der Waals surface area contributed by atoms with E-state index in [1.54, 1.807) is 0 Å². The zero-order valence-electron chi connectivity index (χ0n) is 11.4. The maximum Gasteiger partial charge on any atom is 0.251 e. The average molecular weight is 267 g/mol. The zero-order valence-corrected chi connectivity index (χ0v) is 11.4. The van der Waals surface area contributed by atoms with Gasteiger partial charge in [0, 0.05) is 24.0 Å². The number of hydrogen-bond donors (Lipinski definition) is 2. The van der Waals surface area contributed by atoms with E-state index in [1.807, 2.05) is 37.4 Å². The number of anilines is 1. The molecule has 0 spiro atoms. The fourth-order valence-corrected chi connectivity index (χ4v) is 2.42. The first kappa shape index (κ1) is 12.7. The van der Waals surface area contributed by atoms with Crippen LogP contribution in [0.3, 0.4) is 0 Å². The summed E-state index contributed by atoms with van der Waals surface area (Å²) in [7, 11) is 0. The van der Waals surface area contributed by atoms with Gasteiger partial charge in [-0.15, -0.1) is 0 Å². The molecule has 0 bridgehead atoms. The van der Waals surface area contributed by atoms with Gasteiger partial charge in [-0.2, -0.15) is 0 Å². The lowest BCUT2D eigenvalue weighted by Gasteiger charge is -2.20. The number of carbonyl (C=O) groups excluding carboxylic acids is 1. The third-order valence-electron chi connectivity index (χ3n) is 3.51. The van der Waals surface area contributed by atoms with Crippen LogP contribution in [0.4, 0.5) is 5.69 Å². The highest BCUT2D eigenvalue weighted by molar-refractivity contribution is 5.98. The fourth-order valence-electron chi connectivity index (χ4n) is 2.42. The van der Waals surface area contributed by atoms with Gasteiger partial charge in [0.1, 0.15) is 0 Å². The number of pyridine rings is 1. The van der Waals surface area contributed by atoms with Crippen molar-refractivity contribution < 1.29 is 4.79 Å². The van der Waals surface area contributed by atoms with Crippen molar-refractivity contribution >= 4 is 11.6 Å². The summed E-state index contributed by atoms with van der Waals surface area (Å²) in [5.74, 6) is 0.0170. The number of hydrogen-bond acceptors (Lipinski definition) is 3. The van der Waals surface area contributed by atoms with E-state index in [4.69, 9.17) is 0 Å². The maximum absolute atomic E-state index is 11.8. The molecule has 2 heterocycles. The minimum absolute atomic E-state index is 0.0170. The summed E-state index contributed by atoms with van der Waals surface area (Å²) in [6.45, 7) is 3.39. The van der Waals surface area contributed by atoms with Gasteiger partial charge in [-0.1, -0.05) is 12.1 Å². The van der Waals surface area contributed by atoms with E-state index >= 15 is 0 Å². The van der Waals surface area contributed by atoms with Crippen molar-refractivity contribution in [1.82, 2.24) is 10.3 Å². The molecule has 1 aromatic carbocycles. The van der Waals surface area contributed by atoms with Crippen LogP contribution in [0.25, 0.3) is 0 Å². The van der Waals surface area contributed by atoms with Crippen LogP contribution < -0.4 is 10.6 Å². The molecule has 20 heavy (non-hydrogen) atoms. The largest absolute Gasteiger partial charge is 0.379 e. The molecular formula is C16H17N3O. The Balaban J connectivity index is 1.79. The van der Waals surface area contributed by atoms with E-state index < -0.39 is 0 Å². The van der Waals surface area contributed by atoms with E-state index in [-0.39, 0.29) is 5.91 Å². The second-order valence-corrected chi connectivity index (χ2v) is 5.02. The molecule has 3 rings (SSSR count). The highest BCUT2D eigenvalue weighted by Crippen LogP contribution is 2.23. The molecule has 102 valence electrons. The highest BCUT2D eigenvalue weighted by Gasteiger charge is 2.18. The summed E-state index contributed by atoms with van der Waals surface area (Å²) in [6, 6.07) is 9.88. The average Bonchev–Trinajstić information content (AvgIpc) is 2.47. The Kier molecular flexibility index (Phi) is 3.37. The summed E-state index contributed by atoms with van der Waals surface area (Å²) < 4.78 is 0. The van der Waals surface area contributed by atoms with E-state index in [0.717, 1.165) is 34.5 Å². The van der Waals surface area contributed by atoms with Gasteiger partial charge in [0.15, 0.2) is 0 Å². The van der Waals surface area contributed by atoms with Crippen LogP contribution in [-0.2, 0) is 13.0 Å². The lowest BCUT2D eigenvalue weighted by Crippen LogP contribution is -2.32. The van der Waals surface area contributed by atoms with E-state index in [9.17, 15) is 4.79 Å². The van der Waals surface area contributed by atoms with Crippen LogP contribution in [-0.4, -0.2) is 17.4 Å². The molecule has 4 nitrogen and oxygen atoms in total. The van der Waals surface area contributed by atoms with Crippen LogP contribution in [0.15, 0.2) is 36.5 Å². The van der Waals surface area contributed by atoms with Gasteiger partial charge in [0.2, 0.25) is 0 Å². The van der Waals surface area contributed by atoms with Crippen molar-refractivity contribution in [3.05, 3.63) is 58.9 Å². The first-order chi connectivity index (χ1) is 9.74. The number of benzene rings is 1. The van der Waals surface area contributed by atoms with E-state index in [2.05, 4.69) is 21.7 Å². The topological polar surface area (TPSA) is 54.0 Å². The van der Waals surface area contributed by atoms with Gasteiger partial charge in [-0.05, 0) is 42.7 Å². The Hall–Kier alpha value is -2.36. The van der Waals surface area contributed by atoms with Gasteiger partial charge in [0.05, 0.1) is 12.2 Å². The minimum Gasteiger partial charge on any atom is -0.379 e. The predicted molar refractivity (Wildman–Crippen MR) is 78.8 cm³/mol. The van der Waals surface area contributed by atoms with Crippen LogP contribution in [0, 0.1) is 6.92 Å². The zero-order chi connectivity index (χ0) is 13.9. The third-order valence-corrected chi connectivity index (χ3v) is 3.51. The number of nitrogens with zero attached hydrogens (tertiary/aromatic N) is 1. The number of aromatic nitrogens is 1. The maximum atomic E-state index is 11.8. The Morgan fingerprint density at radius 2 is 2.20 bits per heavy atom. The standard InChI is InChI=1S/C16H17N3O/c1-11-5-6-12(18-9-11)10-19-15-4-2-3-14-13(15)7-8-17-16(14)20/h2-6,9,19H,7-8,10H2,1H3,(H,17,20). The fraction of sp³-hybridized carbons (Fsp3) is 0.250. The summed E-state index contributed by atoms with van der Waals surface area (Å²) >= 11 is 0. The Morgan fingerprint density at radius 1 is 1.30 bits per heavy atom. The number of rotatable bonds is 3. The number of carbonyl (C=O) groups is 1. The molecule has 0 atom stereocenters. The first-order valence-corrected chi connectivity index (χ1v) is 6.79. The molecule has 0 fully saturated rings. The molecule has 1 aliphatic heterocycles. The number of aryl methyl sites for hydroxylation is 1. The molecule has 1 amide bonds. The molecule has 4 heteroatoms. The molecule has 1 aromatic heterocycles. The Bertz CT molecular complexity index is 635. The van der Waals surface area contributed by atoms with Crippen molar-refractivity contribution in [2.24, 2.45) is 0 Å². The summed E-state index contributed by atoms with van der Waals surface area (Å²) in [6.07, 6.45) is 2.73. The lowest BCUT2D eigenvalue weighted by molar-refractivity contribution is 0.0946. The Morgan fingerprint density at radius 3 is 3.00 bits per heavy atom. The highest BCUT2D eigenvalue weighted by atomic mass is 16.1. The monoisotopic (exact) mass is 267 g/mol. The SMILES string of the molecule is Cc1ccc(CNc2cccc3c2CCNC3=O)nc1. The van der Waals surface area contributed by atoms with Gasteiger partial charge >= 0.3 is 0 Å². The number of nitrogens with one attached hydrogen (secondary N) is 2. The molecule has 2 N–H and O–H groups in total. The van der Waals surface area contributed by atoms with Crippen LogP contribution in [0.2, 0.25) is 0 Å². The number of amides is 1. The summed E-state index contributed by atoms with van der Waals surface area (Å²) in [5, 5.41) is 6.25. The van der Waals surface area contributed by atoms with E-state index in [1.165, 1.54) is 0 Å². The van der Waals surface area contributed by atoms with Crippen molar-refractivity contribution in [2.45, 2.75) is 19.9 Å². The van der Waals surface area contributed by atoms with Gasteiger partial charge in [-0.3, -0.25) is 9.78 Å². The van der Waals surface area contributed by atoms with Crippen molar-refractivity contribution in [1.29, 1.82) is 0 Å². The number of fused-ring (bicyclic) bond motifs is 1. The minimum atomic E-state index is 0.0170. The third kappa shape index (κ3) is 2.50. The molecule has 0 radical (unpaired) electrons. The molecule has 2 aromatic rings. The van der Waals surface area contributed by atoms with Crippen LogP contribution >= 0.6 is 0 Å². The predicted octanol–water partition coefficient (Wildman–Crippen LogP) is 2.29. The quantitative estimate of drug-likeness (QED) is 0.897. The molecule has 0 saturated heterocycles. The van der Waals surface area contributed by atoms with Crippen molar-refractivity contribution in [2.75, 3.05) is 11.9 Å². The second kappa shape index (κ2) is 5.33. The van der Waals surface area contributed by atoms with Crippen molar-refractivity contribution in [3.8, 4) is 0 Å². The van der Waals surface area contributed by atoms with Gasteiger partial charge < -0.3 is 10.6 Å². The first-order valence-electron chi connectivity index (χ1n) is 6.79. The molecule has 0 aliphatic carbocycles. The summed E-state index contributed by atoms with van der Waals surface area (Å²) in [5.41, 5.74) is 5.05. The second-order valence-electron chi connectivity index (χ2n) is 5.02.